The molecule has 3 heterocycles. The van der Waals surface area contributed by atoms with Crippen LogP contribution in [-0.4, -0.2) is 27.0 Å². The van der Waals surface area contributed by atoms with Gasteiger partial charge in [-0.3, -0.25) is 9.20 Å². The molecule has 3 aromatic heterocycles. The molecule has 0 aliphatic heterocycles. The van der Waals surface area contributed by atoms with Crippen LogP contribution in [0.2, 0.25) is 0 Å². The predicted molar refractivity (Wildman–Crippen MR) is 84.5 cm³/mol. The quantitative estimate of drug-likeness (QED) is 0.803. The van der Waals surface area contributed by atoms with Gasteiger partial charge in [0.25, 0.3) is 5.91 Å². The minimum absolute atomic E-state index is 0.0771. The molecule has 1 N–H and O–H groups in total. The van der Waals surface area contributed by atoms with Crippen molar-refractivity contribution in [1.29, 1.82) is 0 Å². The van der Waals surface area contributed by atoms with E-state index < -0.39 is 0 Å². The van der Waals surface area contributed by atoms with Gasteiger partial charge in [-0.1, -0.05) is 23.4 Å². The molecule has 6 nitrogen and oxygen atoms in total. The van der Waals surface area contributed by atoms with Crippen LogP contribution >= 0.6 is 11.3 Å². The summed E-state index contributed by atoms with van der Waals surface area (Å²) in [4.78, 5) is 18.1. The second-order valence-electron chi connectivity index (χ2n) is 5.52. The molecular weight excluding hydrogens is 300 g/mol. The minimum Gasteiger partial charge on any atom is -0.361 e. The van der Waals surface area contributed by atoms with Gasteiger partial charge in [-0.15, -0.1) is 0 Å². The highest BCUT2D eigenvalue weighted by atomic mass is 32.1. The Hall–Kier alpha value is -2.15. The second kappa shape index (κ2) is 5.57. The van der Waals surface area contributed by atoms with E-state index in [1.54, 1.807) is 0 Å². The van der Waals surface area contributed by atoms with Gasteiger partial charge in [0.2, 0.25) is 0 Å². The van der Waals surface area contributed by atoms with E-state index in [9.17, 15) is 4.79 Å². The maximum absolute atomic E-state index is 12.3. The number of carbonyl (C=O) groups is 1. The summed E-state index contributed by atoms with van der Waals surface area (Å²) in [5.41, 5.74) is 2.89. The van der Waals surface area contributed by atoms with Crippen molar-refractivity contribution in [2.75, 3.05) is 6.54 Å². The highest BCUT2D eigenvalue weighted by molar-refractivity contribution is 7.18. The normalized spacial score (nSPS) is 12.7. The number of hydrogen-bond donors (Lipinski definition) is 1. The third-order valence-electron chi connectivity index (χ3n) is 3.65. The highest BCUT2D eigenvalue weighted by Crippen LogP contribution is 2.23. The SMILES string of the molecule is Cc1cn2cc(C(=O)NCC(C)c3c(C)noc3C)sc2n1. The first kappa shape index (κ1) is 14.8. The molecular formula is C15H18N4O2S. The van der Waals surface area contributed by atoms with Crippen molar-refractivity contribution in [3.63, 3.8) is 0 Å². The molecule has 0 aromatic carbocycles. The van der Waals surface area contributed by atoms with Gasteiger partial charge in [-0.25, -0.2) is 4.98 Å². The lowest BCUT2D eigenvalue weighted by Crippen LogP contribution is -2.27. The summed E-state index contributed by atoms with van der Waals surface area (Å²) in [6, 6.07) is 0. The van der Waals surface area contributed by atoms with E-state index >= 15 is 0 Å². The number of fused-ring (bicyclic) bond motifs is 1. The van der Waals surface area contributed by atoms with Gasteiger partial charge in [0.05, 0.1) is 11.4 Å². The molecule has 3 rings (SSSR count). The summed E-state index contributed by atoms with van der Waals surface area (Å²) in [7, 11) is 0. The van der Waals surface area contributed by atoms with Crippen molar-refractivity contribution in [2.24, 2.45) is 0 Å². The Balaban J connectivity index is 1.68. The topological polar surface area (TPSA) is 72.4 Å². The molecule has 22 heavy (non-hydrogen) atoms. The van der Waals surface area contributed by atoms with Crippen molar-refractivity contribution < 1.29 is 9.32 Å². The van der Waals surface area contributed by atoms with Crippen LogP contribution in [-0.2, 0) is 0 Å². The van der Waals surface area contributed by atoms with Crippen LogP contribution in [0, 0.1) is 20.8 Å². The van der Waals surface area contributed by atoms with E-state index in [2.05, 4.69) is 22.4 Å². The number of thiazole rings is 1. The van der Waals surface area contributed by atoms with Crippen LogP contribution in [0.3, 0.4) is 0 Å². The molecule has 3 aromatic rings. The molecule has 0 saturated carbocycles. The Morgan fingerprint density at radius 2 is 2.18 bits per heavy atom. The molecule has 0 aliphatic carbocycles. The molecule has 1 unspecified atom stereocenters. The fourth-order valence-corrected chi connectivity index (χ4v) is 3.57. The van der Waals surface area contributed by atoms with E-state index in [1.165, 1.54) is 11.3 Å². The number of carbonyl (C=O) groups excluding carboxylic acids is 1. The van der Waals surface area contributed by atoms with Gasteiger partial charge in [0, 0.05) is 30.4 Å². The van der Waals surface area contributed by atoms with Gasteiger partial charge >= 0.3 is 0 Å². The fraction of sp³-hybridized carbons (Fsp3) is 0.400. The maximum atomic E-state index is 12.3. The van der Waals surface area contributed by atoms with Crippen molar-refractivity contribution in [2.45, 2.75) is 33.6 Å². The van der Waals surface area contributed by atoms with Crippen molar-refractivity contribution in [3.8, 4) is 0 Å². The summed E-state index contributed by atoms with van der Waals surface area (Å²) in [6.07, 6.45) is 3.73. The molecule has 0 bridgehead atoms. The zero-order valence-electron chi connectivity index (χ0n) is 13.0. The number of nitrogens with one attached hydrogen (secondary N) is 1. The molecule has 0 fully saturated rings. The van der Waals surface area contributed by atoms with Gasteiger partial charge < -0.3 is 9.84 Å². The van der Waals surface area contributed by atoms with Crippen LogP contribution in [0.1, 0.15) is 45.2 Å². The first-order chi connectivity index (χ1) is 10.5. The average molecular weight is 318 g/mol. The zero-order chi connectivity index (χ0) is 15.9. The predicted octanol–water partition coefficient (Wildman–Crippen LogP) is 2.84. The first-order valence-corrected chi connectivity index (χ1v) is 7.93. The lowest BCUT2D eigenvalue weighted by molar-refractivity contribution is 0.0955. The standard InChI is InChI=1S/C15H18N4O2S/c1-8(13-10(3)18-21-11(13)4)5-16-14(20)12-7-19-6-9(2)17-15(19)22-12/h6-8H,5H2,1-4H3,(H,16,20). The highest BCUT2D eigenvalue weighted by Gasteiger charge is 2.18. The van der Waals surface area contributed by atoms with Crippen molar-refractivity contribution in [3.05, 3.63) is 40.0 Å². The fourth-order valence-electron chi connectivity index (χ4n) is 2.65. The third kappa shape index (κ3) is 2.64. The van der Waals surface area contributed by atoms with E-state index in [0.29, 0.717) is 11.4 Å². The van der Waals surface area contributed by atoms with Crippen molar-refractivity contribution in [1.82, 2.24) is 19.9 Å². The summed E-state index contributed by atoms with van der Waals surface area (Å²) >= 11 is 1.39. The Kier molecular flexibility index (Phi) is 3.74. The summed E-state index contributed by atoms with van der Waals surface area (Å²) in [5.74, 6) is 0.887. The number of aromatic nitrogens is 3. The van der Waals surface area contributed by atoms with E-state index in [1.807, 2.05) is 37.6 Å². The molecule has 0 spiro atoms. The average Bonchev–Trinajstić information content (AvgIpc) is 3.09. The molecule has 1 amide bonds. The maximum Gasteiger partial charge on any atom is 0.263 e. The van der Waals surface area contributed by atoms with Crippen LogP contribution in [0.5, 0.6) is 0 Å². The van der Waals surface area contributed by atoms with Gasteiger partial charge in [-0.2, -0.15) is 0 Å². The van der Waals surface area contributed by atoms with E-state index in [-0.39, 0.29) is 11.8 Å². The molecule has 0 aliphatic rings. The molecule has 0 saturated heterocycles. The van der Waals surface area contributed by atoms with Crippen molar-refractivity contribution >= 4 is 22.2 Å². The molecule has 116 valence electrons. The van der Waals surface area contributed by atoms with Crippen LogP contribution in [0.15, 0.2) is 16.9 Å². The number of amides is 1. The van der Waals surface area contributed by atoms with Crippen LogP contribution < -0.4 is 5.32 Å². The Labute approximate surface area is 132 Å². The second-order valence-corrected chi connectivity index (χ2v) is 6.53. The number of rotatable bonds is 4. The number of aryl methyl sites for hydroxylation is 3. The number of hydrogen-bond acceptors (Lipinski definition) is 5. The van der Waals surface area contributed by atoms with Gasteiger partial charge in [0.1, 0.15) is 10.6 Å². The Bertz CT molecular complexity index is 779. The Morgan fingerprint density at radius 1 is 1.41 bits per heavy atom. The van der Waals surface area contributed by atoms with Gasteiger partial charge in [0.15, 0.2) is 4.96 Å². The summed E-state index contributed by atoms with van der Waals surface area (Å²) in [6.45, 7) is 8.34. The smallest absolute Gasteiger partial charge is 0.263 e. The minimum atomic E-state index is -0.0771. The lowest BCUT2D eigenvalue weighted by atomic mass is 9.99. The third-order valence-corrected chi connectivity index (χ3v) is 4.65. The van der Waals surface area contributed by atoms with Gasteiger partial charge in [-0.05, 0) is 20.8 Å². The lowest BCUT2D eigenvalue weighted by Gasteiger charge is -2.11. The molecule has 1 atom stereocenters. The Morgan fingerprint density at radius 3 is 2.82 bits per heavy atom. The first-order valence-electron chi connectivity index (χ1n) is 7.12. The van der Waals surface area contributed by atoms with Crippen LogP contribution in [0.4, 0.5) is 0 Å². The number of nitrogens with zero attached hydrogens (tertiary/aromatic N) is 3. The zero-order valence-corrected chi connectivity index (χ0v) is 13.8. The van der Waals surface area contributed by atoms with E-state index in [4.69, 9.17) is 4.52 Å². The van der Waals surface area contributed by atoms with Crippen LogP contribution in [0.25, 0.3) is 4.96 Å². The monoisotopic (exact) mass is 318 g/mol. The summed E-state index contributed by atoms with van der Waals surface area (Å²) in [5, 5.41) is 6.92. The van der Waals surface area contributed by atoms with E-state index in [0.717, 1.165) is 27.7 Å². The molecule has 0 radical (unpaired) electrons. The largest absolute Gasteiger partial charge is 0.361 e. The molecule has 7 heteroatoms. The number of imidazole rings is 1. The summed E-state index contributed by atoms with van der Waals surface area (Å²) < 4.78 is 7.06.